The van der Waals surface area contributed by atoms with E-state index in [1.54, 1.807) is 0 Å². The van der Waals surface area contributed by atoms with Crippen molar-refractivity contribution in [1.82, 2.24) is 4.90 Å². The van der Waals surface area contributed by atoms with E-state index in [4.69, 9.17) is 0 Å². The molecule has 0 aliphatic carbocycles. The molecule has 0 aromatic rings. The van der Waals surface area contributed by atoms with Crippen molar-refractivity contribution in [3.05, 3.63) is 0 Å². The number of nitrogens with zero attached hydrogens (tertiary/aromatic N) is 1. The van der Waals surface area contributed by atoms with Crippen LogP contribution in [0.5, 0.6) is 0 Å². The van der Waals surface area contributed by atoms with Gasteiger partial charge in [-0.05, 0) is 13.3 Å². The van der Waals surface area contributed by atoms with Crippen molar-refractivity contribution in [3.63, 3.8) is 0 Å². The van der Waals surface area contributed by atoms with Crippen LogP contribution in [-0.4, -0.2) is 24.4 Å². The Labute approximate surface area is 88.7 Å². The van der Waals surface area contributed by atoms with Crippen LogP contribution < -0.4 is 0 Å². The van der Waals surface area contributed by atoms with Gasteiger partial charge in [0.2, 0.25) is 5.91 Å². The molecule has 0 saturated carbocycles. The van der Waals surface area contributed by atoms with Gasteiger partial charge in [0.15, 0.2) is 0 Å². The summed E-state index contributed by atoms with van der Waals surface area (Å²) >= 11 is 0. The van der Waals surface area contributed by atoms with Crippen LogP contribution in [0.4, 0.5) is 0 Å². The quantitative estimate of drug-likeness (QED) is 0.577. The maximum Gasteiger partial charge on any atom is 0.225 e. The fraction of sp³-hybridized carbons (Fsp3) is 0.917. The Kier molecular flexibility index (Phi) is 7.54. The maximum atomic E-state index is 11.7. The first-order chi connectivity index (χ1) is 6.63. The van der Waals surface area contributed by atoms with E-state index in [9.17, 15) is 4.79 Å². The molecular weight excluding hydrogens is 174 g/mol. The van der Waals surface area contributed by atoms with Gasteiger partial charge in [0.1, 0.15) is 0 Å². The van der Waals surface area contributed by atoms with Crippen LogP contribution in [-0.2, 0) is 4.79 Å². The van der Waals surface area contributed by atoms with Crippen LogP contribution in [0.2, 0.25) is 0 Å². The molecule has 0 heterocycles. The first-order valence-corrected chi connectivity index (χ1v) is 5.88. The van der Waals surface area contributed by atoms with Crippen molar-refractivity contribution in [2.75, 3.05) is 13.6 Å². The Balaban J connectivity index is 3.62. The lowest BCUT2D eigenvalue weighted by atomic mass is 10.0. The van der Waals surface area contributed by atoms with E-state index in [1.165, 1.54) is 25.7 Å². The van der Waals surface area contributed by atoms with Gasteiger partial charge in [-0.3, -0.25) is 4.79 Å². The van der Waals surface area contributed by atoms with Gasteiger partial charge in [-0.25, -0.2) is 0 Å². The molecule has 0 unspecified atom stereocenters. The molecular formula is C12H25NO. The number of hydrogen-bond acceptors (Lipinski definition) is 1. The van der Waals surface area contributed by atoms with E-state index in [0.717, 1.165) is 13.0 Å². The van der Waals surface area contributed by atoms with Gasteiger partial charge in [-0.15, -0.1) is 0 Å². The van der Waals surface area contributed by atoms with E-state index in [-0.39, 0.29) is 5.92 Å². The third-order valence-electron chi connectivity index (χ3n) is 2.76. The van der Waals surface area contributed by atoms with Crippen molar-refractivity contribution in [1.29, 1.82) is 0 Å². The third kappa shape index (κ3) is 5.25. The molecule has 1 atom stereocenters. The molecule has 84 valence electrons. The monoisotopic (exact) mass is 199 g/mol. The van der Waals surface area contributed by atoms with Gasteiger partial charge < -0.3 is 4.90 Å². The van der Waals surface area contributed by atoms with Crippen LogP contribution in [0, 0.1) is 5.92 Å². The lowest BCUT2D eigenvalue weighted by molar-refractivity contribution is -0.133. The standard InChI is InChI=1S/C12H25NO/c1-5-7-8-9-10-11(3)12(14)13(4)6-2/h11H,5-10H2,1-4H3/t11-/m0/s1. The molecule has 2 heteroatoms. The average molecular weight is 199 g/mol. The zero-order valence-corrected chi connectivity index (χ0v) is 10.2. The highest BCUT2D eigenvalue weighted by atomic mass is 16.2. The summed E-state index contributed by atoms with van der Waals surface area (Å²) in [6, 6.07) is 0. The SMILES string of the molecule is CCCCCC[C@H](C)C(=O)N(C)CC. The minimum absolute atomic E-state index is 0.205. The highest BCUT2D eigenvalue weighted by Gasteiger charge is 2.15. The smallest absolute Gasteiger partial charge is 0.225 e. The fourth-order valence-electron chi connectivity index (χ4n) is 1.53. The second-order valence-electron chi connectivity index (χ2n) is 4.10. The van der Waals surface area contributed by atoms with Crippen molar-refractivity contribution >= 4 is 5.91 Å². The molecule has 0 aliphatic rings. The van der Waals surface area contributed by atoms with Crippen molar-refractivity contribution in [3.8, 4) is 0 Å². The fourth-order valence-corrected chi connectivity index (χ4v) is 1.53. The first kappa shape index (κ1) is 13.5. The molecule has 0 bridgehead atoms. The van der Waals surface area contributed by atoms with E-state index < -0.39 is 0 Å². The van der Waals surface area contributed by atoms with Gasteiger partial charge in [-0.2, -0.15) is 0 Å². The summed E-state index contributed by atoms with van der Waals surface area (Å²) in [7, 11) is 1.88. The van der Waals surface area contributed by atoms with E-state index in [2.05, 4.69) is 6.92 Å². The summed E-state index contributed by atoms with van der Waals surface area (Å²) in [5.74, 6) is 0.501. The summed E-state index contributed by atoms with van der Waals surface area (Å²) in [6.45, 7) is 7.08. The van der Waals surface area contributed by atoms with E-state index in [1.807, 2.05) is 25.8 Å². The lowest BCUT2D eigenvalue weighted by Crippen LogP contribution is -2.31. The number of amides is 1. The van der Waals surface area contributed by atoms with E-state index >= 15 is 0 Å². The van der Waals surface area contributed by atoms with Gasteiger partial charge in [0.05, 0.1) is 0 Å². The van der Waals surface area contributed by atoms with Crippen molar-refractivity contribution < 1.29 is 4.79 Å². The molecule has 1 amide bonds. The summed E-state index contributed by atoms with van der Waals surface area (Å²) < 4.78 is 0. The van der Waals surface area contributed by atoms with Gasteiger partial charge >= 0.3 is 0 Å². The average Bonchev–Trinajstić information content (AvgIpc) is 2.21. The number of rotatable bonds is 7. The lowest BCUT2D eigenvalue weighted by Gasteiger charge is -2.19. The van der Waals surface area contributed by atoms with Crippen LogP contribution in [0.3, 0.4) is 0 Å². The second-order valence-corrected chi connectivity index (χ2v) is 4.10. The second kappa shape index (κ2) is 7.84. The first-order valence-electron chi connectivity index (χ1n) is 5.88. The molecule has 2 nitrogen and oxygen atoms in total. The Morgan fingerprint density at radius 2 is 1.86 bits per heavy atom. The Morgan fingerprint density at radius 3 is 2.36 bits per heavy atom. The predicted octanol–water partition coefficient (Wildman–Crippen LogP) is 3.07. The number of carbonyl (C=O) groups excluding carboxylic acids is 1. The van der Waals surface area contributed by atoms with Crippen LogP contribution in [0.25, 0.3) is 0 Å². The van der Waals surface area contributed by atoms with Crippen molar-refractivity contribution in [2.24, 2.45) is 5.92 Å². The summed E-state index contributed by atoms with van der Waals surface area (Å²) in [5.41, 5.74) is 0. The third-order valence-corrected chi connectivity index (χ3v) is 2.76. The van der Waals surface area contributed by atoms with Gasteiger partial charge in [-0.1, -0.05) is 39.5 Å². The van der Waals surface area contributed by atoms with E-state index in [0.29, 0.717) is 5.91 Å². The summed E-state index contributed by atoms with van der Waals surface area (Å²) in [4.78, 5) is 13.5. The minimum Gasteiger partial charge on any atom is -0.346 e. The topological polar surface area (TPSA) is 20.3 Å². The van der Waals surface area contributed by atoms with Crippen LogP contribution in [0.15, 0.2) is 0 Å². The molecule has 0 aromatic carbocycles. The summed E-state index contributed by atoms with van der Waals surface area (Å²) in [5, 5.41) is 0. The molecule has 0 rings (SSSR count). The van der Waals surface area contributed by atoms with Crippen LogP contribution >= 0.6 is 0 Å². The predicted molar refractivity (Wildman–Crippen MR) is 61.2 cm³/mol. The van der Waals surface area contributed by atoms with Gasteiger partial charge in [0.25, 0.3) is 0 Å². The van der Waals surface area contributed by atoms with Crippen LogP contribution in [0.1, 0.15) is 52.9 Å². The zero-order chi connectivity index (χ0) is 11.0. The Bertz CT molecular complexity index is 156. The number of unbranched alkanes of at least 4 members (excludes halogenated alkanes) is 3. The summed E-state index contributed by atoms with van der Waals surface area (Å²) in [6.07, 6.45) is 6.06. The molecule has 14 heavy (non-hydrogen) atoms. The molecule has 0 aliphatic heterocycles. The molecule has 0 saturated heterocycles. The molecule has 0 N–H and O–H groups in total. The minimum atomic E-state index is 0.205. The Hall–Kier alpha value is -0.530. The molecule has 0 fully saturated rings. The maximum absolute atomic E-state index is 11.7. The Morgan fingerprint density at radius 1 is 1.21 bits per heavy atom. The van der Waals surface area contributed by atoms with Gasteiger partial charge in [0, 0.05) is 19.5 Å². The molecule has 0 radical (unpaired) electrons. The molecule has 0 spiro atoms. The number of hydrogen-bond donors (Lipinski definition) is 0. The highest BCUT2D eigenvalue weighted by molar-refractivity contribution is 5.78. The highest BCUT2D eigenvalue weighted by Crippen LogP contribution is 2.12. The molecule has 0 aromatic heterocycles. The zero-order valence-electron chi connectivity index (χ0n) is 10.2. The normalized spacial score (nSPS) is 12.6. The van der Waals surface area contributed by atoms with Crippen molar-refractivity contribution in [2.45, 2.75) is 52.9 Å². The largest absolute Gasteiger partial charge is 0.346 e. The number of carbonyl (C=O) groups is 1.